The van der Waals surface area contributed by atoms with Gasteiger partial charge in [0, 0.05) is 42.6 Å². The van der Waals surface area contributed by atoms with Gasteiger partial charge in [-0.1, -0.05) is 72.8 Å². The van der Waals surface area contributed by atoms with Crippen LogP contribution in [0.3, 0.4) is 0 Å². The lowest BCUT2D eigenvalue weighted by atomic mass is 10.1. The van der Waals surface area contributed by atoms with Crippen molar-refractivity contribution in [1.29, 1.82) is 0 Å². The van der Waals surface area contributed by atoms with E-state index in [-0.39, 0.29) is 0 Å². The molecule has 0 spiro atoms. The van der Waals surface area contributed by atoms with Crippen LogP contribution in [0, 0.1) is 0 Å². The maximum absolute atomic E-state index is 5.94. The van der Waals surface area contributed by atoms with E-state index in [9.17, 15) is 0 Å². The van der Waals surface area contributed by atoms with Crippen molar-refractivity contribution in [3.63, 3.8) is 0 Å². The maximum atomic E-state index is 5.94. The van der Waals surface area contributed by atoms with Gasteiger partial charge in [-0.2, -0.15) is 0 Å². The van der Waals surface area contributed by atoms with Crippen LogP contribution in [0.5, 0.6) is 0 Å². The Balaban J connectivity index is 1.49. The molecule has 4 heterocycles. The second-order valence-electron chi connectivity index (χ2n) is 8.66. The number of thiophene rings is 1. The minimum atomic E-state index is 0.643. The van der Waals surface area contributed by atoms with Crippen LogP contribution in [0.25, 0.3) is 70.3 Å². The first-order valence-electron chi connectivity index (χ1n) is 11.5. The summed E-state index contributed by atoms with van der Waals surface area (Å²) in [6, 6.07) is 33.7. The summed E-state index contributed by atoms with van der Waals surface area (Å²) in [6.07, 6.45) is 1.70. The van der Waals surface area contributed by atoms with Gasteiger partial charge in [0.15, 0.2) is 5.58 Å². The average molecular weight is 468 g/mol. The zero-order chi connectivity index (χ0) is 22.9. The highest BCUT2D eigenvalue weighted by atomic mass is 32.1. The summed E-state index contributed by atoms with van der Waals surface area (Å²) >= 11 is 1.79. The lowest BCUT2D eigenvalue weighted by Crippen LogP contribution is -2.02. The standard InChI is InChI=1S/C30H17N3OS/c1-4-13-24-18(8-1)19-9-2-5-14-25(19)33(24)30-31-23-16-17-34-28(23)27(32-30)22-12-7-11-21-20-10-3-6-15-26(20)35-29(21)22/h1-17H. The van der Waals surface area contributed by atoms with E-state index in [1.807, 2.05) is 6.07 Å². The zero-order valence-corrected chi connectivity index (χ0v) is 19.3. The summed E-state index contributed by atoms with van der Waals surface area (Å²) in [4.78, 5) is 10.1. The van der Waals surface area contributed by atoms with Gasteiger partial charge in [-0.3, -0.25) is 4.57 Å². The van der Waals surface area contributed by atoms with Crippen molar-refractivity contribution in [1.82, 2.24) is 14.5 Å². The van der Waals surface area contributed by atoms with E-state index < -0.39 is 0 Å². The number of furan rings is 1. The smallest absolute Gasteiger partial charge is 0.236 e. The molecule has 0 radical (unpaired) electrons. The molecular formula is C30H17N3OS. The number of nitrogens with zero attached hydrogens (tertiary/aromatic N) is 3. The van der Waals surface area contributed by atoms with Crippen molar-refractivity contribution in [2.24, 2.45) is 0 Å². The van der Waals surface area contributed by atoms with Gasteiger partial charge in [0.25, 0.3) is 0 Å². The van der Waals surface area contributed by atoms with E-state index in [1.54, 1.807) is 17.6 Å². The van der Waals surface area contributed by atoms with Gasteiger partial charge in [0.1, 0.15) is 11.2 Å². The molecule has 0 aliphatic heterocycles. The number of hydrogen-bond acceptors (Lipinski definition) is 4. The highest BCUT2D eigenvalue weighted by Crippen LogP contribution is 2.41. The molecular weight excluding hydrogens is 450 g/mol. The van der Waals surface area contributed by atoms with E-state index >= 15 is 0 Å². The van der Waals surface area contributed by atoms with Crippen LogP contribution in [0.2, 0.25) is 0 Å². The quantitative estimate of drug-likeness (QED) is 0.257. The molecule has 4 aromatic heterocycles. The van der Waals surface area contributed by atoms with E-state index in [0.29, 0.717) is 11.5 Å². The van der Waals surface area contributed by atoms with Crippen LogP contribution in [-0.4, -0.2) is 14.5 Å². The predicted octanol–water partition coefficient (Wildman–Crippen LogP) is 8.35. The monoisotopic (exact) mass is 467 g/mol. The Labute approximate surface area is 203 Å². The van der Waals surface area contributed by atoms with E-state index in [1.165, 1.54) is 30.9 Å². The van der Waals surface area contributed by atoms with Crippen LogP contribution in [0.1, 0.15) is 0 Å². The van der Waals surface area contributed by atoms with Crippen LogP contribution in [0.15, 0.2) is 108 Å². The molecule has 0 aliphatic rings. The van der Waals surface area contributed by atoms with Gasteiger partial charge in [-0.05, 0) is 18.2 Å². The first-order chi connectivity index (χ1) is 17.4. The van der Waals surface area contributed by atoms with Crippen LogP contribution >= 0.6 is 11.3 Å². The SMILES string of the molecule is c1ccc2c(c1)sc1c(-c3nc(-n4c5ccccc5c5ccccc54)nc4ccoc34)cccc12. The first kappa shape index (κ1) is 18.9. The van der Waals surface area contributed by atoms with Gasteiger partial charge in [0.2, 0.25) is 5.95 Å². The normalized spacial score (nSPS) is 12.0. The predicted molar refractivity (Wildman–Crippen MR) is 144 cm³/mol. The third kappa shape index (κ3) is 2.61. The molecule has 0 N–H and O–H groups in total. The molecule has 0 bridgehead atoms. The average Bonchev–Trinajstić information content (AvgIpc) is 3.61. The number of benzene rings is 4. The fourth-order valence-electron chi connectivity index (χ4n) is 5.21. The molecule has 0 saturated carbocycles. The number of para-hydroxylation sites is 2. The fraction of sp³-hybridized carbons (Fsp3) is 0. The Bertz CT molecular complexity index is 2030. The van der Waals surface area contributed by atoms with Crippen molar-refractivity contribution in [2.75, 3.05) is 0 Å². The summed E-state index contributed by atoms with van der Waals surface area (Å²) in [5, 5.41) is 4.88. The Morgan fingerprint density at radius 2 is 1.31 bits per heavy atom. The second kappa shape index (κ2) is 7.01. The number of aromatic nitrogens is 3. The highest BCUT2D eigenvalue weighted by molar-refractivity contribution is 7.26. The summed E-state index contributed by atoms with van der Waals surface area (Å²) in [7, 11) is 0. The van der Waals surface area contributed by atoms with Gasteiger partial charge in [0.05, 0.1) is 17.3 Å². The van der Waals surface area contributed by atoms with E-state index in [0.717, 1.165) is 27.8 Å². The molecule has 0 saturated heterocycles. The molecule has 164 valence electrons. The molecule has 8 aromatic rings. The van der Waals surface area contributed by atoms with Crippen molar-refractivity contribution in [3.05, 3.63) is 103 Å². The van der Waals surface area contributed by atoms with Crippen LogP contribution in [0.4, 0.5) is 0 Å². The number of rotatable bonds is 2. The lowest BCUT2D eigenvalue weighted by molar-refractivity contribution is 0.614. The maximum Gasteiger partial charge on any atom is 0.236 e. The molecule has 4 nitrogen and oxygen atoms in total. The topological polar surface area (TPSA) is 43.9 Å². The van der Waals surface area contributed by atoms with Crippen molar-refractivity contribution < 1.29 is 4.42 Å². The Hall–Kier alpha value is -4.48. The molecule has 4 aromatic carbocycles. The Morgan fingerprint density at radius 1 is 0.629 bits per heavy atom. The second-order valence-corrected chi connectivity index (χ2v) is 9.71. The Kier molecular flexibility index (Phi) is 3.78. The zero-order valence-electron chi connectivity index (χ0n) is 18.5. The number of hydrogen-bond donors (Lipinski definition) is 0. The fourth-order valence-corrected chi connectivity index (χ4v) is 6.42. The summed E-state index contributed by atoms with van der Waals surface area (Å²) in [5.41, 5.74) is 5.55. The van der Waals surface area contributed by atoms with Gasteiger partial charge >= 0.3 is 0 Å². The Morgan fingerprint density at radius 3 is 2.11 bits per heavy atom. The summed E-state index contributed by atoms with van der Waals surface area (Å²) in [5.74, 6) is 0.643. The minimum Gasteiger partial charge on any atom is -0.460 e. The molecule has 0 unspecified atom stereocenters. The summed E-state index contributed by atoms with van der Waals surface area (Å²) in [6.45, 7) is 0. The molecule has 0 amide bonds. The number of fused-ring (bicyclic) bond motifs is 7. The molecule has 5 heteroatoms. The largest absolute Gasteiger partial charge is 0.460 e. The first-order valence-corrected chi connectivity index (χ1v) is 12.3. The molecule has 8 rings (SSSR count). The third-order valence-electron chi connectivity index (χ3n) is 6.73. The highest BCUT2D eigenvalue weighted by Gasteiger charge is 2.20. The molecule has 0 aliphatic carbocycles. The molecule has 35 heavy (non-hydrogen) atoms. The van der Waals surface area contributed by atoms with Crippen molar-refractivity contribution >= 4 is 64.4 Å². The van der Waals surface area contributed by atoms with Gasteiger partial charge in [-0.15, -0.1) is 11.3 Å². The van der Waals surface area contributed by atoms with E-state index in [4.69, 9.17) is 14.4 Å². The summed E-state index contributed by atoms with van der Waals surface area (Å²) < 4.78 is 10.6. The van der Waals surface area contributed by atoms with E-state index in [2.05, 4.69) is 95.6 Å². The molecule has 0 atom stereocenters. The third-order valence-corrected chi connectivity index (χ3v) is 7.95. The minimum absolute atomic E-state index is 0.643. The van der Waals surface area contributed by atoms with Crippen molar-refractivity contribution in [2.45, 2.75) is 0 Å². The van der Waals surface area contributed by atoms with Crippen LogP contribution in [-0.2, 0) is 0 Å². The lowest BCUT2D eigenvalue weighted by Gasteiger charge is -2.09. The van der Waals surface area contributed by atoms with Gasteiger partial charge in [-0.25, -0.2) is 9.97 Å². The molecule has 0 fully saturated rings. The van der Waals surface area contributed by atoms with Crippen molar-refractivity contribution in [3.8, 4) is 17.2 Å². The van der Waals surface area contributed by atoms with Gasteiger partial charge < -0.3 is 4.42 Å². The van der Waals surface area contributed by atoms with Crippen LogP contribution < -0.4 is 0 Å².